The second-order valence-corrected chi connectivity index (χ2v) is 4.67. The van der Waals surface area contributed by atoms with Gasteiger partial charge in [-0.1, -0.05) is 12.1 Å². The van der Waals surface area contributed by atoms with Crippen LogP contribution in [0.2, 0.25) is 0 Å². The Morgan fingerprint density at radius 1 is 1.29 bits per heavy atom. The van der Waals surface area contributed by atoms with Gasteiger partial charge in [0.05, 0.1) is 11.8 Å². The van der Waals surface area contributed by atoms with Crippen molar-refractivity contribution >= 4 is 15.9 Å². The third kappa shape index (κ3) is 3.35. The molecule has 2 rings (SSSR count). The maximum absolute atomic E-state index is 13.0. The van der Waals surface area contributed by atoms with Crippen LogP contribution >= 0.6 is 15.9 Å². The van der Waals surface area contributed by atoms with Crippen molar-refractivity contribution in [2.24, 2.45) is 0 Å². The molecule has 0 aliphatic carbocycles. The largest absolute Gasteiger partial charge is 0.386 e. The molecule has 0 spiro atoms. The van der Waals surface area contributed by atoms with Crippen LogP contribution in [0, 0.1) is 5.82 Å². The van der Waals surface area contributed by atoms with Gasteiger partial charge in [0.1, 0.15) is 5.82 Å². The second-order valence-electron chi connectivity index (χ2n) is 3.75. The summed E-state index contributed by atoms with van der Waals surface area (Å²) in [5.74, 6) is -0.293. The Balaban J connectivity index is 2.11. The highest BCUT2D eigenvalue weighted by Gasteiger charge is 2.10. The number of rotatable bonds is 3. The SMILES string of the molecule is OC(Cc1cccc(F)c1)c1ccc(Br)cn1. The van der Waals surface area contributed by atoms with E-state index >= 15 is 0 Å². The minimum Gasteiger partial charge on any atom is -0.386 e. The van der Waals surface area contributed by atoms with Gasteiger partial charge in [-0.2, -0.15) is 0 Å². The zero-order valence-corrected chi connectivity index (χ0v) is 10.6. The molecule has 0 aliphatic heterocycles. The Morgan fingerprint density at radius 3 is 2.76 bits per heavy atom. The van der Waals surface area contributed by atoms with Crippen molar-refractivity contribution in [2.75, 3.05) is 0 Å². The van der Waals surface area contributed by atoms with E-state index in [-0.39, 0.29) is 5.82 Å². The molecule has 1 aromatic carbocycles. The summed E-state index contributed by atoms with van der Waals surface area (Å²) in [5, 5.41) is 9.96. The maximum atomic E-state index is 13.0. The number of aliphatic hydroxyl groups excluding tert-OH is 1. The van der Waals surface area contributed by atoms with E-state index in [2.05, 4.69) is 20.9 Å². The monoisotopic (exact) mass is 295 g/mol. The summed E-state index contributed by atoms with van der Waals surface area (Å²) in [6, 6.07) is 9.78. The Morgan fingerprint density at radius 2 is 2.12 bits per heavy atom. The Labute approximate surface area is 107 Å². The lowest BCUT2D eigenvalue weighted by Gasteiger charge is -2.10. The van der Waals surface area contributed by atoms with Gasteiger partial charge in [-0.05, 0) is 45.8 Å². The molecule has 1 atom stereocenters. The van der Waals surface area contributed by atoms with Gasteiger partial charge in [0.25, 0.3) is 0 Å². The molecular formula is C13H11BrFNO. The van der Waals surface area contributed by atoms with Crippen molar-refractivity contribution < 1.29 is 9.50 Å². The van der Waals surface area contributed by atoms with E-state index in [1.807, 2.05) is 6.07 Å². The van der Waals surface area contributed by atoms with Gasteiger partial charge in [-0.25, -0.2) is 4.39 Å². The van der Waals surface area contributed by atoms with Crippen LogP contribution in [-0.2, 0) is 6.42 Å². The molecule has 88 valence electrons. The fraction of sp³-hybridized carbons (Fsp3) is 0.154. The van der Waals surface area contributed by atoms with E-state index in [1.165, 1.54) is 12.1 Å². The van der Waals surface area contributed by atoms with Crippen LogP contribution in [0.3, 0.4) is 0 Å². The second kappa shape index (κ2) is 5.38. The quantitative estimate of drug-likeness (QED) is 0.943. The van der Waals surface area contributed by atoms with Crippen LogP contribution < -0.4 is 0 Å². The van der Waals surface area contributed by atoms with Crippen LogP contribution in [0.4, 0.5) is 4.39 Å². The zero-order valence-electron chi connectivity index (χ0n) is 8.98. The number of hydrogen-bond donors (Lipinski definition) is 1. The molecule has 1 N–H and O–H groups in total. The minimum absolute atomic E-state index is 0.293. The smallest absolute Gasteiger partial charge is 0.123 e. The number of hydrogen-bond acceptors (Lipinski definition) is 2. The van der Waals surface area contributed by atoms with Crippen LogP contribution in [0.1, 0.15) is 17.4 Å². The van der Waals surface area contributed by atoms with Gasteiger partial charge in [0.15, 0.2) is 0 Å². The maximum Gasteiger partial charge on any atom is 0.123 e. The van der Waals surface area contributed by atoms with Crippen LogP contribution in [0.25, 0.3) is 0 Å². The fourth-order valence-corrected chi connectivity index (χ4v) is 1.81. The van der Waals surface area contributed by atoms with Gasteiger partial charge in [0, 0.05) is 17.1 Å². The molecule has 1 unspecified atom stereocenters. The van der Waals surface area contributed by atoms with E-state index in [1.54, 1.807) is 24.4 Å². The summed E-state index contributed by atoms with van der Waals surface area (Å²) in [7, 11) is 0. The van der Waals surface area contributed by atoms with Crippen molar-refractivity contribution in [3.05, 3.63) is 64.1 Å². The van der Waals surface area contributed by atoms with Crippen molar-refractivity contribution in [2.45, 2.75) is 12.5 Å². The summed E-state index contributed by atoms with van der Waals surface area (Å²) in [6.45, 7) is 0. The lowest BCUT2D eigenvalue weighted by molar-refractivity contribution is 0.173. The standard InChI is InChI=1S/C13H11BrFNO/c14-10-4-5-12(16-8-10)13(17)7-9-2-1-3-11(15)6-9/h1-6,8,13,17H,7H2. The van der Waals surface area contributed by atoms with Gasteiger partial charge in [-0.15, -0.1) is 0 Å². The first kappa shape index (κ1) is 12.2. The average molecular weight is 296 g/mol. The molecule has 1 aromatic heterocycles. The highest BCUT2D eigenvalue weighted by molar-refractivity contribution is 9.10. The zero-order chi connectivity index (χ0) is 12.3. The summed E-state index contributed by atoms with van der Waals surface area (Å²) in [5.41, 5.74) is 1.33. The normalized spacial score (nSPS) is 12.4. The van der Waals surface area contributed by atoms with Gasteiger partial charge in [-0.3, -0.25) is 4.98 Å². The molecule has 0 saturated carbocycles. The first-order valence-corrected chi connectivity index (χ1v) is 5.98. The number of benzene rings is 1. The lowest BCUT2D eigenvalue weighted by atomic mass is 10.1. The Kier molecular flexibility index (Phi) is 3.86. The Bertz CT molecular complexity index is 501. The van der Waals surface area contributed by atoms with Crippen LogP contribution in [0.15, 0.2) is 47.1 Å². The predicted octanol–water partition coefficient (Wildman–Crippen LogP) is 3.26. The number of halogens is 2. The first-order chi connectivity index (χ1) is 8.15. The molecule has 0 radical (unpaired) electrons. The highest BCUT2D eigenvalue weighted by Crippen LogP contribution is 2.18. The molecule has 0 aliphatic rings. The molecule has 0 bridgehead atoms. The summed E-state index contributed by atoms with van der Waals surface area (Å²) in [6.07, 6.45) is 1.26. The molecule has 17 heavy (non-hydrogen) atoms. The van der Waals surface area contributed by atoms with E-state index in [0.717, 1.165) is 10.0 Å². The summed E-state index contributed by atoms with van der Waals surface area (Å²) in [4.78, 5) is 4.11. The molecule has 0 fully saturated rings. The molecular weight excluding hydrogens is 285 g/mol. The topological polar surface area (TPSA) is 33.1 Å². The van der Waals surface area contributed by atoms with E-state index < -0.39 is 6.10 Å². The number of nitrogens with zero attached hydrogens (tertiary/aromatic N) is 1. The molecule has 2 aromatic rings. The van der Waals surface area contributed by atoms with Crippen LogP contribution in [-0.4, -0.2) is 10.1 Å². The van der Waals surface area contributed by atoms with Crippen molar-refractivity contribution in [3.63, 3.8) is 0 Å². The third-order valence-electron chi connectivity index (χ3n) is 2.41. The molecule has 4 heteroatoms. The van der Waals surface area contributed by atoms with Crippen molar-refractivity contribution in [1.82, 2.24) is 4.98 Å². The lowest BCUT2D eigenvalue weighted by Crippen LogP contribution is -2.04. The molecule has 0 amide bonds. The first-order valence-electron chi connectivity index (χ1n) is 5.19. The van der Waals surface area contributed by atoms with Gasteiger partial charge in [0.2, 0.25) is 0 Å². The van der Waals surface area contributed by atoms with Gasteiger partial charge < -0.3 is 5.11 Å². The summed E-state index contributed by atoms with van der Waals surface area (Å²) < 4.78 is 13.8. The van der Waals surface area contributed by atoms with E-state index in [0.29, 0.717) is 12.1 Å². The number of pyridine rings is 1. The van der Waals surface area contributed by atoms with E-state index in [4.69, 9.17) is 0 Å². The minimum atomic E-state index is -0.718. The fourth-order valence-electron chi connectivity index (χ4n) is 1.58. The molecule has 0 saturated heterocycles. The predicted molar refractivity (Wildman–Crippen MR) is 67.0 cm³/mol. The van der Waals surface area contributed by atoms with E-state index in [9.17, 15) is 9.50 Å². The summed E-state index contributed by atoms with van der Waals surface area (Å²) >= 11 is 3.28. The van der Waals surface area contributed by atoms with Crippen molar-refractivity contribution in [1.29, 1.82) is 0 Å². The number of aromatic nitrogens is 1. The number of aliphatic hydroxyl groups is 1. The third-order valence-corrected chi connectivity index (χ3v) is 2.88. The highest BCUT2D eigenvalue weighted by atomic mass is 79.9. The molecule has 2 nitrogen and oxygen atoms in total. The van der Waals surface area contributed by atoms with Crippen LogP contribution in [0.5, 0.6) is 0 Å². The van der Waals surface area contributed by atoms with Crippen molar-refractivity contribution in [3.8, 4) is 0 Å². The Hall–Kier alpha value is -1.26. The van der Waals surface area contributed by atoms with Gasteiger partial charge >= 0.3 is 0 Å². The average Bonchev–Trinajstić information content (AvgIpc) is 2.29. The molecule has 1 heterocycles.